The summed E-state index contributed by atoms with van der Waals surface area (Å²) < 4.78 is 11.7. The quantitative estimate of drug-likeness (QED) is 0.657. The van der Waals surface area contributed by atoms with E-state index in [9.17, 15) is 4.79 Å². The van der Waals surface area contributed by atoms with Crippen molar-refractivity contribution in [3.63, 3.8) is 0 Å². The van der Waals surface area contributed by atoms with Gasteiger partial charge in [-0.25, -0.2) is 5.01 Å². The second-order valence-corrected chi connectivity index (χ2v) is 8.36. The molecule has 2 aliphatic heterocycles. The third-order valence-electron chi connectivity index (χ3n) is 4.61. The fourth-order valence-corrected chi connectivity index (χ4v) is 4.23. The zero-order chi connectivity index (χ0) is 21.3. The smallest absolute Gasteiger partial charge is 0.276 e. The molecule has 1 N–H and O–H groups in total. The molecular formula is C21H19BrN4O3S. The Balaban J connectivity index is 1.92. The maximum absolute atomic E-state index is 13.1. The number of nitrogens with one attached hydrogen (secondary N) is 1. The van der Waals surface area contributed by atoms with Crippen LogP contribution in [0.5, 0.6) is 11.5 Å². The Hall–Kier alpha value is -2.78. The van der Waals surface area contributed by atoms with Crippen LogP contribution in [0.4, 0.5) is 0 Å². The lowest BCUT2D eigenvalue weighted by Gasteiger charge is -2.34. The van der Waals surface area contributed by atoms with Gasteiger partial charge in [0, 0.05) is 21.0 Å². The number of halogens is 1. The largest absolute Gasteiger partial charge is 0.493 e. The average molecular weight is 487 g/mol. The van der Waals surface area contributed by atoms with Crippen molar-refractivity contribution in [1.82, 2.24) is 10.3 Å². The molecule has 2 aromatic carbocycles. The first kappa shape index (κ1) is 20.5. The van der Waals surface area contributed by atoms with Crippen LogP contribution in [-0.2, 0) is 4.79 Å². The normalized spacial score (nSPS) is 17.2. The van der Waals surface area contributed by atoms with E-state index in [1.807, 2.05) is 36.4 Å². The minimum absolute atomic E-state index is 0.226. The monoisotopic (exact) mass is 486 g/mol. The van der Waals surface area contributed by atoms with Crippen LogP contribution in [0.2, 0.25) is 0 Å². The van der Waals surface area contributed by atoms with Crippen LogP contribution in [0, 0.1) is 0 Å². The highest BCUT2D eigenvalue weighted by Gasteiger charge is 2.34. The van der Waals surface area contributed by atoms with Gasteiger partial charge in [0.05, 0.1) is 19.6 Å². The zero-order valence-electron chi connectivity index (χ0n) is 16.4. The van der Waals surface area contributed by atoms with Gasteiger partial charge in [-0.05, 0) is 30.3 Å². The number of amidine groups is 1. The molecular weight excluding hydrogens is 468 g/mol. The molecule has 2 aromatic rings. The summed E-state index contributed by atoms with van der Waals surface area (Å²) in [4.78, 5) is 18.0. The Labute approximate surface area is 186 Å². The third kappa shape index (κ3) is 3.70. The van der Waals surface area contributed by atoms with Gasteiger partial charge in [0.15, 0.2) is 22.8 Å². The number of rotatable bonds is 5. The Morgan fingerprint density at radius 2 is 2.03 bits per heavy atom. The minimum atomic E-state index is -0.529. The number of thioether (sulfide) groups is 1. The fourth-order valence-electron chi connectivity index (χ4n) is 3.28. The van der Waals surface area contributed by atoms with Gasteiger partial charge in [0.25, 0.3) is 5.91 Å². The predicted octanol–water partition coefficient (Wildman–Crippen LogP) is 2.53. The number of nitrogens with zero attached hydrogens (tertiary/aromatic N) is 3. The summed E-state index contributed by atoms with van der Waals surface area (Å²) in [6, 6.07) is 11.2. The number of carbonyl (C=O) groups is 1. The molecule has 2 heterocycles. The molecule has 7 nitrogen and oxygen atoms in total. The van der Waals surface area contributed by atoms with Gasteiger partial charge >= 0.3 is 0 Å². The van der Waals surface area contributed by atoms with E-state index in [0.29, 0.717) is 28.1 Å². The highest BCUT2D eigenvalue weighted by Crippen LogP contribution is 2.35. The molecule has 0 radical (unpaired) electrons. The van der Waals surface area contributed by atoms with E-state index in [-0.39, 0.29) is 5.91 Å². The summed E-state index contributed by atoms with van der Waals surface area (Å²) in [5.41, 5.74) is 1.27. The average Bonchev–Trinajstić information content (AvgIpc) is 2.76. The van der Waals surface area contributed by atoms with E-state index in [1.165, 1.54) is 11.8 Å². The van der Waals surface area contributed by atoms with Crippen molar-refractivity contribution in [2.24, 2.45) is 10.1 Å². The van der Waals surface area contributed by atoms with Crippen molar-refractivity contribution in [3.8, 4) is 11.5 Å². The molecule has 0 saturated heterocycles. The minimum Gasteiger partial charge on any atom is -0.493 e. The first-order chi connectivity index (χ1) is 14.5. The molecule has 0 unspecified atom stereocenters. The number of methoxy groups -OCH3 is 2. The number of benzene rings is 2. The Bertz CT molecular complexity index is 1180. The number of hydrazone groups is 1. The van der Waals surface area contributed by atoms with E-state index in [1.54, 1.807) is 25.3 Å². The summed E-state index contributed by atoms with van der Waals surface area (Å²) in [6.07, 6.45) is 1.23. The van der Waals surface area contributed by atoms with Gasteiger partial charge in [-0.1, -0.05) is 39.8 Å². The highest BCUT2D eigenvalue weighted by atomic mass is 79.9. The van der Waals surface area contributed by atoms with Crippen molar-refractivity contribution >= 4 is 44.5 Å². The maximum Gasteiger partial charge on any atom is 0.276 e. The SMILES string of the molecule is C=CCSC1=NN2C(=c3cc(Br)ccc3=N[C@H]2c2ccc(OC)c(OC)c2)C(=O)N1. The van der Waals surface area contributed by atoms with E-state index in [4.69, 9.17) is 19.6 Å². The topological polar surface area (TPSA) is 75.5 Å². The molecule has 0 bridgehead atoms. The van der Waals surface area contributed by atoms with Crippen molar-refractivity contribution in [1.29, 1.82) is 0 Å². The van der Waals surface area contributed by atoms with Gasteiger partial charge < -0.3 is 9.47 Å². The number of carbonyl (C=O) groups excluding carboxylic acids is 1. The van der Waals surface area contributed by atoms with E-state index < -0.39 is 6.17 Å². The predicted molar refractivity (Wildman–Crippen MR) is 121 cm³/mol. The van der Waals surface area contributed by atoms with Crippen molar-refractivity contribution in [2.45, 2.75) is 6.17 Å². The summed E-state index contributed by atoms with van der Waals surface area (Å²) in [7, 11) is 3.17. The number of ether oxygens (including phenoxy) is 2. The molecule has 0 saturated carbocycles. The molecule has 4 rings (SSSR count). The van der Waals surface area contributed by atoms with Gasteiger partial charge in [-0.3, -0.25) is 15.1 Å². The number of amides is 1. The second-order valence-electron chi connectivity index (χ2n) is 6.43. The third-order valence-corrected chi connectivity index (χ3v) is 5.97. The standard InChI is InChI=1S/C21H19BrN4O3S/c1-4-9-30-21-24-20(27)18-14-11-13(22)6-7-15(14)23-19(26(18)25-21)12-5-8-16(28-2)17(10-12)29-3/h4-8,10-11,19H,1,9H2,2-3H3,(H,24,25,27)/t19-/m1/s1. The lowest BCUT2D eigenvalue weighted by molar-refractivity contribution is -0.116. The van der Waals surface area contributed by atoms with E-state index in [2.05, 4.69) is 27.8 Å². The lowest BCUT2D eigenvalue weighted by Crippen LogP contribution is -2.50. The van der Waals surface area contributed by atoms with Gasteiger partial charge in [-0.15, -0.1) is 11.7 Å². The zero-order valence-corrected chi connectivity index (χ0v) is 18.8. The molecule has 0 aliphatic carbocycles. The lowest BCUT2D eigenvalue weighted by atomic mass is 10.1. The first-order valence-corrected chi connectivity index (χ1v) is 10.9. The molecule has 0 aromatic heterocycles. The Kier molecular flexibility index (Phi) is 5.83. The highest BCUT2D eigenvalue weighted by molar-refractivity contribution is 9.10. The molecule has 154 valence electrons. The van der Waals surface area contributed by atoms with Crippen LogP contribution < -0.4 is 25.4 Å². The van der Waals surface area contributed by atoms with Crippen molar-refractivity contribution in [3.05, 3.63) is 69.7 Å². The molecule has 1 amide bonds. The van der Waals surface area contributed by atoms with Crippen molar-refractivity contribution < 1.29 is 14.3 Å². The molecule has 9 heteroatoms. The molecule has 0 fully saturated rings. The Morgan fingerprint density at radius 3 is 2.77 bits per heavy atom. The van der Waals surface area contributed by atoms with Gasteiger partial charge in [0.1, 0.15) is 5.70 Å². The van der Waals surface area contributed by atoms with Crippen molar-refractivity contribution in [2.75, 3.05) is 20.0 Å². The summed E-state index contributed by atoms with van der Waals surface area (Å²) in [5, 5.41) is 11.2. The molecule has 2 aliphatic rings. The van der Waals surface area contributed by atoms with Gasteiger partial charge in [0.2, 0.25) is 0 Å². The molecule has 0 spiro atoms. The summed E-state index contributed by atoms with van der Waals surface area (Å²) in [5.74, 6) is 1.60. The number of hydrogen-bond donors (Lipinski definition) is 1. The van der Waals surface area contributed by atoms with Crippen LogP contribution in [0.25, 0.3) is 5.70 Å². The van der Waals surface area contributed by atoms with E-state index in [0.717, 1.165) is 20.6 Å². The summed E-state index contributed by atoms with van der Waals surface area (Å²) in [6.45, 7) is 3.73. The first-order valence-electron chi connectivity index (χ1n) is 9.08. The van der Waals surface area contributed by atoms with E-state index >= 15 is 0 Å². The number of fused-ring (bicyclic) bond motifs is 2. The summed E-state index contributed by atoms with van der Waals surface area (Å²) >= 11 is 4.88. The Morgan fingerprint density at radius 1 is 1.23 bits per heavy atom. The van der Waals surface area contributed by atoms with Gasteiger partial charge in [-0.2, -0.15) is 0 Å². The molecule has 1 atom stereocenters. The fraction of sp³-hybridized carbons (Fsp3) is 0.190. The van der Waals surface area contributed by atoms with Crippen LogP contribution in [0.3, 0.4) is 0 Å². The van der Waals surface area contributed by atoms with Crippen LogP contribution in [-0.4, -0.2) is 36.1 Å². The maximum atomic E-state index is 13.1. The van der Waals surface area contributed by atoms with Crippen LogP contribution in [0.1, 0.15) is 11.7 Å². The number of hydrogen-bond acceptors (Lipinski definition) is 7. The van der Waals surface area contributed by atoms with Crippen LogP contribution in [0.15, 0.2) is 63.6 Å². The second kappa shape index (κ2) is 8.53. The van der Waals surface area contributed by atoms with Crippen LogP contribution >= 0.6 is 27.7 Å². The molecule has 30 heavy (non-hydrogen) atoms.